The lowest BCUT2D eigenvalue weighted by Gasteiger charge is -2.22. The average molecular weight is 238 g/mol. The maximum atomic E-state index is 11.9. The molecule has 1 aromatic heterocycles. The van der Waals surface area contributed by atoms with Gasteiger partial charge in [-0.2, -0.15) is 5.10 Å². The summed E-state index contributed by atoms with van der Waals surface area (Å²) in [4.78, 5) is 11.9. The molecule has 0 saturated carbocycles. The maximum absolute atomic E-state index is 11.9. The van der Waals surface area contributed by atoms with E-state index in [1.54, 1.807) is 11.6 Å². The van der Waals surface area contributed by atoms with E-state index in [0.29, 0.717) is 13.0 Å². The Morgan fingerprint density at radius 3 is 2.76 bits per heavy atom. The first-order chi connectivity index (χ1) is 7.86. The number of aryl methyl sites for hydroxylation is 2. The zero-order valence-electron chi connectivity index (χ0n) is 11.1. The first kappa shape index (κ1) is 13.7. The Morgan fingerprint density at radius 2 is 2.29 bits per heavy atom. The van der Waals surface area contributed by atoms with E-state index < -0.39 is 5.54 Å². The van der Waals surface area contributed by atoms with E-state index in [-0.39, 0.29) is 5.91 Å². The highest BCUT2D eigenvalue weighted by atomic mass is 16.2. The molecule has 0 aliphatic heterocycles. The van der Waals surface area contributed by atoms with Crippen molar-refractivity contribution in [1.29, 1.82) is 0 Å². The molecule has 5 nitrogen and oxygen atoms in total. The molecule has 5 heteroatoms. The van der Waals surface area contributed by atoms with Gasteiger partial charge in [0, 0.05) is 25.4 Å². The highest BCUT2D eigenvalue weighted by Crippen LogP contribution is 2.10. The molecule has 17 heavy (non-hydrogen) atoms. The molecule has 0 radical (unpaired) electrons. The molecular formula is C12H22N4O. The van der Waals surface area contributed by atoms with E-state index in [9.17, 15) is 4.79 Å². The largest absolute Gasteiger partial charge is 0.350 e. The molecule has 1 heterocycles. The summed E-state index contributed by atoms with van der Waals surface area (Å²) >= 11 is 0. The highest BCUT2D eigenvalue weighted by molar-refractivity contribution is 5.85. The van der Waals surface area contributed by atoms with Crippen LogP contribution in [0.25, 0.3) is 0 Å². The van der Waals surface area contributed by atoms with Crippen LogP contribution in [0, 0.1) is 6.92 Å². The van der Waals surface area contributed by atoms with Gasteiger partial charge in [0.05, 0.1) is 11.2 Å². The number of carbonyl (C=O) groups is 1. The van der Waals surface area contributed by atoms with Gasteiger partial charge in [-0.05, 0) is 20.3 Å². The Hall–Kier alpha value is -1.36. The molecule has 0 aliphatic rings. The van der Waals surface area contributed by atoms with E-state index in [0.717, 1.165) is 17.7 Å². The van der Waals surface area contributed by atoms with Crippen LogP contribution in [0.4, 0.5) is 0 Å². The molecule has 96 valence electrons. The van der Waals surface area contributed by atoms with Gasteiger partial charge in [-0.3, -0.25) is 9.48 Å². The van der Waals surface area contributed by atoms with Crippen LogP contribution in [0.2, 0.25) is 0 Å². The summed E-state index contributed by atoms with van der Waals surface area (Å²) in [5.41, 5.74) is 7.11. The summed E-state index contributed by atoms with van der Waals surface area (Å²) in [5, 5.41) is 7.08. The minimum Gasteiger partial charge on any atom is -0.350 e. The Labute approximate surface area is 102 Å². The SMILES string of the molecule is CCCC(C)(N)C(=O)NCc1cn(C)nc1C. The van der Waals surface area contributed by atoms with Crippen LogP contribution >= 0.6 is 0 Å². The third kappa shape index (κ3) is 3.56. The summed E-state index contributed by atoms with van der Waals surface area (Å²) in [6.07, 6.45) is 3.49. The van der Waals surface area contributed by atoms with E-state index in [2.05, 4.69) is 10.4 Å². The van der Waals surface area contributed by atoms with Gasteiger partial charge in [0.25, 0.3) is 0 Å². The number of hydrogen-bond acceptors (Lipinski definition) is 3. The minimum absolute atomic E-state index is 0.109. The highest BCUT2D eigenvalue weighted by Gasteiger charge is 2.26. The second kappa shape index (κ2) is 5.31. The molecule has 1 unspecified atom stereocenters. The van der Waals surface area contributed by atoms with Crippen molar-refractivity contribution in [3.8, 4) is 0 Å². The molecule has 0 spiro atoms. The van der Waals surface area contributed by atoms with Crippen molar-refractivity contribution in [1.82, 2.24) is 15.1 Å². The number of carbonyl (C=O) groups excluding carboxylic acids is 1. The number of hydrogen-bond donors (Lipinski definition) is 2. The number of nitrogens with two attached hydrogens (primary N) is 1. The fraction of sp³-hybridized carbons (Fsp3) is 0.667. The van der Waals surface area contributed by atoms with Crippen LogP contribution in [0.3, 0.4) is 0 Å². The third-order valence-corrected chi connectivity index (χ3v) is 2.84. The summed E-state index contributed by atoms with van der Waals surface area (Å²) in [5.74, 6) is -0.109. The van der Waals surface area contributed by atoms with Crippen molar-refractivity contribution in [3.63, 3.8) is 0 Å². The van der Waals surface area contributed by atoms with E-state index in [1.807, 2.05) is 27.1 Å². The van der Waals surface area contributed by atoms with Crippen LogP contribution in [0.15, 0.2) is 6.20 Å². The van der Waals surface area contributed by atoms with Gasteiger partial charge in [0.2, 0.25) is 5.91 Å². The van der Waals surface area contributed by atoms with E-state index in [4.69, 9.17) is 5.73 Å². The monoisotopic (exact) mass is 238 g/mol. The van der Waals surface area contributed by atoms with Crippen LogP contribution in [-0.4, -0.2) is 21.2 Å². The predicted molar refractivity (Wildman–Crippen MR) is 67.3 cm³/mol. The number of nitrogens with one attached hydrogen (secondary N) is 1. The zero-order chi connectivity index (χ0) is 13.1. The molecule has 3 N–H and O–H groups in total. The summed E-state index contributed by atoms with van der Waals surface area (Å²) in [7, 11) is 1.86. The molecule has 0 fully saturated rings. The van der Waals surface area contributed by atoms with Crippen molar-refractivity contribution < 1.29 is 4.79 Å². The van der Waals surface area contributed by atoms with Gasteiger partial charge < -0.3 is 11.1 Å². The number of rotatable bonds is 5. The van der Waals surface area contributed by atoms with Gasteiger partial charge in [-0.25, -0.2) is 0 Å². The van der Waals surface area contributed by atoms with E-state index in [1.165, 1.54) is 0 Å². The smallest absolute Gasteiger partial charge is 0.240 e. The standard InChI is InChI=1S/C12H22N4O/c1-5-6-12(3,13)11(17)14-7-10-8-16(4)15-9(10)2/h8H,5-7,13H2,1-4H3,(H,14,17). The third-order valence-electron chi connectivity index (χ3n) is 2.84. The Kier molecular flexibility index (Phi) is 4.28. The van der Waals surface area contributed by atoms with Crippen molar-refractivity contribution in [3.05, 3.63) is 17.5 Å². The quantitative estimate of drug-likeness (QED) is 0.799. The topological polar surface area (TPSA) is 72.9 Å². The van der Waals surface area contributed by atoms with Crippen LogP contribution in [-0.2, 0) is 18.4 Å². The average Bonchev–Trinajstić information content (AvgIpc) is 2.53. The predicted octanol–water partition coefficient (Wildman–Crippen LogP) is 0.862. The molecule has 0 bridgehead atoms. The second-order valence-corrected chi connectivity index (χ2v) is 4.76. The lowest BCUT2D eigenvalue weighted by Crippen LogP contribution is -2.51. The first-order valence-electron chi connectivity index (χ1n) is 5.93. The molecule has 1 amide bonds. The zero-order valence-corrected chi connectivity index (χ0v) is 11.1. The van der Waals surface area contributed by atoms with Gasteiger partial charge >= 0.3 is 0 Å². The molecule has 0 aromatic carbocycles. The van der Waals surface area contributed by atoms with Gasteiger partial charge in [0.1, 0.15) is 0 Å². The molecule has 0 aliphatic carbocycles. The first-order valence-corrected chi connectivity index (χ1v) is 5.93. The Morgan fingerprint density at radius 1 is 1.65 bits per heavy atom. The molecule has 0 saturated heterocycles. The lowest BCUT2D eigenvalue weighted by molar-refractivity contribution is -0.126. The minimum atomic E-state index is -0.787. The Balaban J connectivity index is 2.56. The van der Waals surface area contributed by atoms with E-state index >= 15 is 0 Å². The molecular weight excluding hydrogens is 216 g/mol. The van der Waals surface area contributed by atoms with Crippen LogP contribution < -0.4 is 11.1 Å². The second-order valence-electron chi connectivity index (χ2n) is 4.76. The molecule has 1 aromatic rings. The van der Waals surface area contributed by atoms with Crippen molar-refractivity contribution in [2.75, 3.05) is 0 Å². The summed E-state index contributed by atoms with van der Waals surface area (Å²) in [6.45, 7) is 6.19. The molecule has 1 rings (SSSR count). The Bertz CT molecular complexity index is 395. The van der Waals surface area contributed by atoms with Gasteiger partial charge in [-0.1, -0.05) is 13.3 Å². The summed E-state index contributed by atoms with van der Waals surface area (Å²) < 4.78 is 1.74. The fourth-order valence-electron chi connectivity index (χ4n) is 1.83. The number of amides is 1. The normalized spacial score (nSPS) is 14.4. The summed E-state index contributed by atoms with van der Waals surface area (Å²) in [6, 6.07) is 0. The number of nitrogens with zero attached hydrogens (tertiary/aromatic N) is 2. The van der Waals surface area contributed by atoms with Gasteiger partial charge in [0.15, 0.2) is 0 Å². The fourth-order valence-corrected chi connectivity index (χ4v) is 1.83. The van der Waals surface area contributed by atoms with Crippen molar-refractivity contribution in [2.24, 2.45) is 12.8 Å². The van der Waals surface area contributed by atoms with Gasteiger partial charge in [-0.15, -0.1) is 0 Å². The van der Waals surface area contributed by atoms with Crippen molar-refractivity contribution in [2.45, 2.75) is 45.7 Å². The number of aromatic nitrogens is 2. The van der Waals surface area contributed by atoms with Crippen molar-refractivity contribution >= 4 is 5.91 Å². The molecule has 1 atom stereocenters. The lowest BCUT2D eigenvalue weighted by atomic mass is 9.96. The van der Waals surface area contributed by atoms with Crippen LogP contribution in [0.5, 0.6) is 0 Å². The van der Waals surface area contributed by atoms with Crippen LogP contribution in [0.1, 0.15) is 37.9 Å². The maximum Gasteiger partial charge on any atom is 0.240 e.